The lowest BCUT2D eigenvalue weighted by Gasteiger charge is -2.15. The molecule has 2 aromatic rings. The van der Waals surface area contributed by atoms with Gasteiger partial charge < -0.3 is 24.6 Å². The zero-order valence-electron chi connectivity index (χ0n) is 18.6. The van der Waals surface area contributed by atoms with Gasteiger partial charge in [0.15, 0.2) is 11.8 Å². The summed E-state index contributed by atoms with van der Waals surface area (Å²) in [5.41, 5.74) is 2.24. The van der Waals surface area contributed by atoms with Gasteiger partial charge in [-0.15, -0.1) is 24.0 Å². The number of aryl methyl sites for hydroxylation is 3. The Morgan fingerprint density at radius 2 is 2.16 bits per heavy atom. The van der Waals surface area contributed by atoms with Crippen molar-refractivity contribution >= 4 is 29.9 Å². The molecule has 3 rings (SSSR count). The van der Waals surface area contributed by atoms with Crippen LogP contribution in [-0.2, 0) is 17.7 Å². The summed E-state index contributed by atoms with van der Waals surface area (Å²) in [5, 5.41) is 10.5. The van der Waals surface area contributed by atoms with Crippen LogP contribution in [-0.4, -0.2) is 48.5 Å². The minimum absolute atomic E-state index is 0. The Morgan fingerprint density at radius 3 is 2.87 bits per heavy atom. The summed E-state index contributed by atoms with van der Waals surface area (Å²) in [6.45, 7) is 9.48. The number of nitrogens with zero attached hydrogens (tertiary/aromatic N) is 3. The van der Waals surface area contributed by atoms with Crippen LogP contribution in [0.15, 0.2) is 27.7 Å². The molecule has 0 radical (unpaired) electrons. The first-order valence-corrected chi connectivity index (χ1v) is 10.8. The molecule has 9 heteroatoms. The lowest BCUT2D eigenvalue weighted by molar-refractivity contribution is 0.0676. The van der Waals surface area contributed by atoms with E-state index in [1.807, 2.05) is 6.92 Å². The van der Waals surface area contributed by atoms with Crippen LogP contribution in [0.1, 0.15) is 49.0 Å². The van der Waals surface area contributed by atoms with E-state index in [1.165, 1.54) is 5.56 Å². The standard InChI is InChI=1S/C22H33N5O3.HI/c1-4-23-22(24-11-5-8-21-26-17(3)27-30-21)25-14-18-10-9-16(2)13-20(18)29-15-19-7-6-12-28-19;/h9-10,13,19H,4-8,11-12,14-15H2,1-3H3,(H2,23,24,25);1H. The van der Waals surface area contributed by atoms with Gasteiger partial charge in [0.05, 0.1) is 12.6 Å². The molecule has 1 aliphatic rings. The first-order chi connectivity index (χ1) is 14.6. The van der Waals surface area contributed by atoms with E-state index in [2.05, 4.69) is 52.8 Å². The highest BCUT2D eigenvalue weighted by Gasteiger charge is 2.17. The SMILES string of the molecule is CCNC(=NCc1ccc(C)cc1OCC1CCCO1)NCCCc1nc(C)no1.I. The number of aliphatic imine (C=N–C) groups is 1. The maximum Gasteiger partial charge on any atom is 0.226 e. The number of rotatable bonds is 10. The van der Waals surface area contributed by atoms with Gasteiger partial charge >= 0.3 is 0 Å². The molecule has 2 N–H and O–H groups in total. The molecule has 8 nitrogen and oxygen atoms in total. The smallest absolute Gasteiger partial charge is 0.226 e. The highest BCUT2D eigenvalue weighted by molar-refractivity contribution is 14.0. The molecule has 1 aromatic carbocycles. The van der Waals surface area contributed by atoms with Crippen LogP contribution >= 0.6 is 24.0 Å². The average Bonchev–Trinajstić information content (AvgIpc) is 3.40. The van der Waals surface area contributed by atoms with E-state index in [-0.39, 0.29) is 30.1 Å². The molecule has 0 bridgehead atoms. The predicted octanol–water partition coefficient (Wildman–Crippen LogP) is 3.55. The minimum atomic E-state index is 0. The maximum absolute atomic E-state index is 6.09. The van der Waals surface area contributed by atoms with E-state index >= 15 is 0 Å². The van der Waals surface area contributed by atoms with Gasteiger partial charge in [-0.3, -0.25) is 0 Å². The Morgan fingerprint density at radius 1 is 1.29 bits per heavy atom. The van der Waals surface area contributed by atoms with Crippen molar-refractivity contribution < 1.29 is 14.0 Å². The molecule has 1 atom stereocenters. The molecule has 1 fully saturated rings. The van der Waals surface area contributed by atoms with Crippen LogP contribution in [0.3, 0.4) is 0 Å². The molecule has 1 unspecified atom stereocenters. The zero-order chi connectivity index (χ0) is 21.2. The summed E-state index contributed by atoms with van der Waals surface area (Å²) in [6, 6.07) is 6.26. The first kappa shape index (κ1) is 25.4. The van der Waals surface area contributed by atoms with Gasteiger partial charge in [-0.05, 0) is 51.7 Å². The van der Waals surface area contributed by atoms with Crippen molar-refractivity contribution in [3.05, 3.63) is 41.0 Å². The van der Waals surface area contributed by atoms with Crippen LogP contribution in [0.4, 0.5) is 0 Å². The summed E-state index contributed by atoms with van der Waals surface area (Å²) in [7, 11) is 0. The third kappa shape index (κ3) is 8.64. The molecule has 1 saturated heterocycles. The van der Waals surface area contributed by atoms with Crippen molar-refractivity contribution in [2.75, 3.05) is 26.3 Å². The number of halogens is 1. The molecule has 0 spiro atoms. The fourth-order valence-electron chi connectivity index (χ4n) is 3.28. The summed E-state index contributed by atoms with van der Waals surface area (Å²) in [6.07, 6.45) is 4.00. The lowest BCUT2D eigenvalue weighted by Crippen LogP contribution is -2.37. The van der Waals surface area contributed by atoms with Gasteiger partial charge in [0.1, 0.15) is 12.4 Å². The van der Waals surface area contributed by atoms with E-state index in [1.54, 1.807) is 0 Å². The van der Waals surface area contributed by atoms with Crippen molar-refractivity contribution in [3.63, 3.8) is 0 Å². The molecule has 172 valence electrons. The average molecular weight is 543 g/mol. The van der Waals surface area contributed by atoms with Gasteiger partial charge in [-0.25, -0.2) is 4.99 Å². The van der Waals surface area contributed by atoms with Crippen molar-refractivity contribution in [3.8, 4) is 5.75 Å². The normalized spacial score (nSPS) is 16.1. The number of aromatic nitrogens is 2. The molecule has 0 saturated carbocycles. The van der Waals surface area contributed by atoms with E-state index in [9.17, 15) is 0 Å². The van der Waals surface area contributed by atoms with E-state index in [4.69, 9.17) is 19.0 Å². The maximum atomic E-state index is 6.09. The third-order valence-corrected chi connectivity index (χ3v) is 4.85. The molecule has 31 heavy (non-hydrogen) atoms. The summed E-state index contributed by atoms with van der Waals surface area (Å²) >= 11 is 0. The van der Waals surface area contributed by atoms with Crippen LogP contribution < -0.4 is 15.4 Å². The number of hydrogen-bond acceptors (Lipinski definition) is 6. The zero-order valence-corrected chi connectivity index (χ0v) is 21.0. The molecule has 0 amide bonds. The van der Waals surface area contributed by atoms with Gasteiger partial charge in [0.25, 0.3) is 0 Å². The summed E-state index contributed by atoms with van der Waals surface area (Å²) in [4.78, 5) is 8.96. The second-order valence-electron chi connectivity index (χ2n) is 7.52. The quantitative estimate of drug-likeness (QED) is 0.205. The van der Waals surface area contributed by atoms with Crippen molar-refractivity contribution in [1.29, 1.82) is 0 Å². The van der Waals surface area contributed by atoms with Gasteiger partial charge in [0.2, 0.25) is 5.89 Å². The fraction of sp³-hybridized carbons (Fsp3) is 0.591. The number of nitrogens with one attached hydrogen (secondary N) is 2. The Bertz CT molecular complexity index is 821. The monoisotopic (exact) mass is 543 g/mol. The van der Waals surface area contributed by atoms with Crippen molar-refractivity contribution in [2.45, 2.75) is 59.1 Å². The van der Waals surface area contributed by atoms with Crippen LogP contribution in [0.2, 0.25) is 0 Å². The Labute approximate surface area is 201 Å². The number of hydrogen-bond donors (Lipinski definition) is 2. The first-order valence-electron chi connectivity index (χ1n) is 10.8. The molecule has 2 heterocycles. The summed E-state index contributed by atoms with van der Waals surface area (Å²) in [5.74, 6) is 3.01. The fourth-order valence-corrected chi connectivity index (χ4v) is 3.28. The van der Waals surface area contributed by atoms with Crippen molar-refractivity contribution in [2.24, 2.45) is 4.99 Å². The van der Waals surface area contributed by atoms with Gasteiger partial charge in [-0.1, -0.05) is 17.3 Å². The molecule has 0 aliphatic carbocycles. The number of ether oxygens (including phenoxy) is 2. The Kier molecular flexibility index (Phi) is 11.1. The number of guanidine groups is 1. The Hall–Kier alpha value is -1.88. The lowest BCUT2D eigenvalue weighted by atomic mass is 10.1. The van der Waals surface area contributed by atoms with E-state index < -0.39 is 0 Å². The van der Waals surface area contributed by atoms with E-state index in [0.29, 0.717) is 24.9 Å². The van der Waals surface area contributed by atoms with Crippen molar-refractivity contribution in [1.82, 2.24) is 20.8 Å². The molecular formula is C22H34IN5O3. The topological polar surface area (TPSA) is 93.8 Å². The Balaban J connectivity index is 0.00000341. The third-order valence-electron chi connectivity index (χ3n) is 4.85. The molecular weight excluding hydrogens is 509 g/mol. The predicted molar refractivity (Wildman–Crippen MR) is 131 cm³/mol. The summed E-state index contributed by atoms with van der Waals surface area (Å²) < 4.78 is 16.9. The number of benzene rings is 1. The van der Waals surface area contributed by atoms with Gasteiger partial charge in [0, 0.05) is 31.7 Å². The van der Waals surface area contributed by atoms with Crippen LogP contribution in [0.5, 0.6) is 5.75 Å². The van der Waals surface area contributed by atoms with Crippen LogP contribution in [0, 0.1) is 13.8 Å². The highest BCUT2D eigenvalue weighted by atomic mass is 127. The second kappa shape index (κ2) is 13.5. The van der Waals surface area contributed by atoms with E-state index in [0.717, 1.165) is 62.7 Å². The van der Waals surface area contributed by atoms with Crippen LogP contribution in [0.25, 0.3) is 0 Å². The molecule has 1 aromatic heterocycles. The minimum Gasteiger partial charge on any atom is -0.491 e. The molecule has 1 aliphatic heterocycles. The highest BCUT2D eigenvalue weighted by Crippen LogP contribution is 2.23. The second-order valence-corrected chi connectivity index (χ2v) is 7.52. The largest absolute Gasteiger partial charge is 0.491 e. The van der Waals surface area contributed by atoms with Gasteiger partial charge in [-0.2, -0.15) is 4.98 Å².